The number of nitriles is 1. The van der Waals surface area contributed by atoms with Gasteiger partial charge < -0.3 is 15.4 Å². The molecule has 0 spiro atoms. The highest BCUT2D eigenvalue weighted by Crippen LogP contribution is 2.33. The van der Waals surface area contributed by atoms with E-state index in [4.69, 9.17) is 5.26 Å². The first-order valence-electron chi connectivity index (χ1n) is 13.8. The molecule has 0 radical (unpaired) electrons. The van der Waals surface area contributed by atoms with Gasteiger partial charge >= 0.3 is 0 Å². The largest absolute Gasteiger partial charge is 0.379 e. The highest BCUT2D eigenvalue weighted by molar-refractivity contribution is 5.80. The average molecular weight is 534 g/mol. The van der Waals surface area contributed by atoms with E-state index in [1.54, 1.807) is 24.7 Å². The number of hydrogen-bond donors (Lipinski definition) is 3. The summed E-state index contributed by atoms with van der Waals surface area (Å²) in [5.74, 6) is -0.230. The van der Waals surface area contributed by atoms with E-state index in [1.165, 1.54) is 0 Å². The molecule has 1 fully saturated rings. The van der Waals surface area contributed by atoms with Crippen molar-refractivity contribution in [3.8, 4) is 6.07 Å². The Morgan fingerprint density at radius 1 is 1.07 bits per heavy atom. The molecule has 5 rings (SSSR count). The molecule has 1 unspecified atom stereocenters. The summed E-state index contributed by atoms with van der Waals surface area (Å²) in [6, 6.07) is 29.1. The lowest BCUT2D eigenvalue weighted by molar-refractivity contribution is -0.129. The molecule has 1 amide bonds. The number of carbonyl (C=O) groups is 1. The van der Waals surface area contributed by atoms with E-state index in [0.717, 1.165) is 41.8 Å². The summed E-state index contributed by atoms with van der Waals surface area (Å²) in [4.78, 5) is 23.4. The third-order valence-electron chi connectivity index (χ3n) is 7.96. The van der Waals surface area contributed by atoms with Crippen LogP contribution >= 0.6 is 0 Å². The molecule has 2 atom stereocenters. The molecule has 1 saturated heterocycles. The SMILES string of the molecule is CC(Cc1ccc(C#N)cc1)(NC(=O)[C@H]1CCCN(CC(O)(c2ccccc2)c2ccccc2)C1)c1cnc[nH]1. The lowest BCUT2D eigenvalue weighted by Crippen LogP contribution is -2.52. The fourth-order valence-electron chi connectivity index (χ4n) is 5.76. The van der Waals surface area contributed by atoms with E-state index in [1.807, 2.05) is 79.7 Å². The Bertz CT molecular complexity index is 1390. The van der Waals surface area contributed by atoms with Gasteiger partial charge in [0.15, 0.2) is 0 Å². The van der Waals surface area contributed by atoms with Gasteiger partial charge in [-0.05, 0) is 55.1 Å². The Labute approximate surface area is 235 Å². The number of amides is 1. The van der Waals surface area contributed by atoms with Crippen molar-refractivity contribution in [3.05, 3.63) is 125 Å². The van der Waals surface area contributed by atoms with Crippen LogP contribution < -0.4 is 5.32 Å². The topological polar surface area (TPSA) is 105 Å². The first-order chi connectivity index (χ1) is 19.4. The number of carbonyl (C=O) groups excluding carboxylic acids is 1. The van der Waals surface area contributed by atoms with Crippen LogP contribution in [0.15, 0.2) is 97.5 Å². The predicted octanol–water partition coefficient (Wildman–Crippen LogP) is 4.50. The maximum atomic E-state index is 13.8. The Morgan fingerprint density at radius 2 is 1.73 bits per heavy atom. The Kier molecular flexibility index (Phi) is 8.11. The lowest BCUT2D eigenvalue weighted by Gasteiger charge is -2.40. The maximum Gasteiger partial charge on any atom is 0.225 e. The summed E-state index contributed by atoms with van der Waals surface area (Å²) in [7, 11) is 0. The van der Waals surface area contributed by atoms with Crippen molar-refractivity contribution in [2.75, 3.05) is 19.6 Å². The molecule has 3 aromatic carbocycles. The molecule has 7 nitrogen and oxygen atoms in total. The van der Waals surface area contributed by atoms with Crippen LogP contribution in [-0.4, -0.2) is 45.5 Å². The van der Waals surface area contributed by atoms with E-state index in [9.17, 15) is 9.90 Å². The highest BCUT2D eigenvalue weighted by atomic mass is 16.3. The van der Waals surface area contributed by atoms with Gasteiger partial charge in [0.2, 0.25) is 5.91 Å². The molecule has 204 valence electrons. The average Bonchev–Trinajstić information content (AvgIpc) is 3.55. The van der Waals surface area contributed by atoms with E-state index in [2.05, 4.69) is 26.3 Å². The number of nitrogens with zero attached hydrogens (tertiary/aromatic N) is 3. The molecular weight excluding hydrogens is 498 g/mol. The van der Waals surface area contributed by atoms with E-state index in [0.29, 0.717) is 25.1 Å². The smallest absolute Gasteiger partial charge is 0.225 e. The molecule has 0 saturated carbocycles. The molecular formula is C33H35N5O2. The fraction of sp³-hybridized carbons (Fsp3) is 0.303. The van der Waals surface area contributed by atoms with Gasteiger partial charge in [-0.1, -0.05) is 72.8 Å². The number of aromatic nitrogens is 2. The normalized spacial score (nSPS) is 17.5. The van der Waals surface area contributed by atoms with Crippen molar-refractivity contribution >= 4 is 5.91 Å². The van der Waals surface area contributed by atoms with Gasteiger partial charge in [-0.2, -0.15) is 5.26 Å². The number of likely N-dealkylation sites (tertiary alicyclic amines) is 1. The zero-order valence-corrected chi connectivity index (χ0v) is 22.8. The fourth-order valence-corrected chi connectivity index (χ4v) is 5.76. The Hall–Kier alpha value is -4.25. The number of H-pyrrole nitrogens is 1. The molecule has 3 N–H and O–H groups in total. The molecule has 4 aromatic rings. The summed E-state index contributed by atoms with van der Waals surface area (Å²) >= 11 is 0. The Balaban J connectivity index is 1.33. The second-order valence-corrected chi connectivity index (χ2v) is 10.9. The van der Waals surface area contributed by atoms with Gasteiger partial charge in [0.1, 0.15) is 5.60 Å². The molecule has 1 aliphatic rings. The number of piperidine rings is 1. The molecule has 0 aliphatic carbocycles. The van der Waals surface area contributed by atoms with Crippen LogP contribution in [0.3, 0.4) is 0 Å². The van der Waals surface area contributed by atoms with Crippen LogP contribution in [0.2, 0.25) is 0 Å². The molecule has 0 bridgehead atoms. The van der Waals surface area contributed by atoms with E-state index >= 15 is 0 Å². The molecule has 7 heteroatoms. The number of aliphatic hydroxyl groups is 1. The summed E-state index contributed by atoms with van der Waals surface area (Å²) in [6.45, 7) is 3.77. The van der Waals surface area contributed by atoms with Crippen molar-refractivity contribution < 1.29 is 9.90 Å². The third kappa shape index (κ3) is 5.99. The highest BCUT2D eigenvalue weighted by Gasteiger charge is 2.38. The monoisotopic (exact) mass is 533 g/mol. The number of aromatic amines is 1. The van der Waals surface area contributed by atoms with Gasteiger partial charge in [-0.15, -0.1) is 0 Å². The number of benzene rings is 3. The minimum Gasteiger partial charge on any atom is -0.379 e. The number of hydrogen-bond acceptors (Lipinski definition) is 5. The zero-order valence-electron chi connectivity index (χ0n) is 22.8. The summed E-state index contributed by atoms with van der Waals surface area (Å²) < 4.78 is 0. The summed E-state index contributed by atoms with van der Waals surface area (Å²) in [6.07, 6.45) is 5.57. The van der Waals surface area contributed by atoms with Crippen LogP contribution in [-0.2, 0) is 22.4 Å². The third-order valence-corrected chi connectivity index (χ3v) is 7.96. The van der Waals surface area contributed by atoms with Gasteiger partial charge in [0, 0.05) is 19.5 Å². The van der Waals surface area contributed by atoms with Gasteiger partial charge in [0.05, 0.1) is 41.3 Å². The van der Waals surface area contributed by atoms with Gasteiger partial charge in [-0.3, -0.25) is 9.69 Å². The first kappa shape index (κ1) is 27.3. The van der Waals surface area contributed by atoms with Crippen LogP contribution in [0, 0.1) is 17.2 Å². The minimum absolute atomic E-state index is 0.0154. The lowest BCUT2D eigenvalue weighted by atomic mass is 9.84. The van der Waals surface area contributed by atoms with Crippen molar-refractivity contribution in [2.24, 2.45) is 5.92 Å². The number of nitrogens with one attached hydrogen (secondary N) is 2. The first-order valence-corrected chi connectivity index (χ1v) is 13.8. The van der Waals surface area contributed by atoms with Crippen LogP contribution in [0.5, 0.6) is 0 Å². The molecule has 2 heterocycles. The van der Waals surface area contributed by atoms with Crippen molar-refractivity contribution in [1.29, 1.82) is 5.26 Å². The molecule has 40 heavy (non-hydrogen) atoms. The number of imidazole rings is 1. The van der Waals surface area contributed by atoms with Crippen LogP contribution in [0.4, 0.5) is 0 Å². The maximum absolute atomic E-state index is 13.8. The summed E-state index contributed by atoms with van der Waals surface area (Å²) in [5.41, 5.74) is 2.20. The zero-order chi connectivity index (χ0) is 28.0. The minimum atomic E-state index is -1.19. The van der Waals surface area contributed by atoms with Crippen LogP contribution in [0.1, 0.15) is 47.7 Å². The number of β-amino-alcohol motifs (C(OH)–C–C–N with tert-alkyl or cyclic N) is 1. The standard InChI is InChI=1S/C33H35N5O2/c1-32(30-21-35-24-36-30,19-25-14-16-26(20-34)17-15-25)37-31(39)27-9-8-18-38(22-27)23-33(40,28-10-4-2-5-11-28)29-12-6-3-7-13-29/h2-7,10-17,21,24,27,40H,8-9,18-19,22-23H2,1H3,(H,35,36)(H,37,39)/t27-,32?/m0/s1. The van der Waals surface area contributed by atoms with E-state index < -0.39 is 11.1 Å². The van der Waals surface area contributed by atoms with Crippen molar-refractivity contribution in [3.63, 3.8) is 0 Å². The number of rotatable bonds is 9. The van der Waals surface area contributed by atoms with Gasteiger partial charge in [0.25, 0.3) is 0 Å². The second kappa shape index (κ2) is 11.9. The van der Waals surface area contributed by atoms with Gasteiger partial charge in [-0.25, -0.2) is 4.98 Å². The van der Waals surface area contributed by atoms with Crippen LogP contribution in [0.25, 0.3) is 0 Å². The molecule has 1 aliphatic heterocycles. The van der Waals surface area contributed by atoms with Crippen molar-refractivity contribution in [2.45, 2.75) is 37.3 Å². The second-order valence-electron chi connectivity index (χ2n) is 10.9. The summed E-state index contributed by atoms with van der Waals surface area (Å²) in [5, 5.41) is 24.6. The van der Waals surface area contributed by atoms with Crippen molar-refractivity contribution in [1.82, 2.24) is 20.2 Å². The Morgan fingerprint density at radius 3 is 2.30 bits per heavy atom. The molecule has 1 aromatic heterocycles. The predicted molar refractivity (Wildman–Crippen MR) is 154 cm³/mol. The van der Waals surface area contributed by atoms with E-state index in [-0.39, 0.29) is 11.8 Å². The quantitative estimate of drug-likeness (QED) is 0.294.